The number of hydrogen-bond acceptors (Lipinski definition) is 5. The van der Waals surface area contributed by atoms with Crippen molar-refractivity contribution in [3.05, 3.63) is 41.6 Å². The maximum absolute atomic E-state index is 12.3. The predicted octanol–water partition coefficient (Wildman–Crippen LogP) is 2.16. The zero-order chi connectivity index (χ0) is 16.5. The number of rotatable bonds is 6. The molecule has 0 atom stereocenters. The summed E-state index contributed by atoms with van der Waals surface area (Å²) >= 11 is 0. The highest BCUT2D eigenvalue weighted by atomic mass is 16.5. The number of nitrogens with zero attached hydrogens (tertiary/aromatic N) is 2. The fourth-order valence-corrected chi connectivity index (χ4v) is 1.84. The molecular formula is C16H19N3O3. The summed E-state index contributed by atoms with van der Waals surface area (Å²) in [7, 11) is 1.21. The number of benzene rings is 1. The van der Waals surface area contributed by atoms with E-state index in [9.17, 15) is 9.59 Å². The molecule has 1 N–H and O–H groups in total. The molecule has 0 bridgehead atoms. The quantitative estimate of drug-likeness (QED) is 0.494. The average Bonchev–Trinajstić information content (AvgIpc) is 2.56. The van der Waals surface area contributed by atoms with Gasteiger partial charge in [-0.25, -0.2) is 4.79 Å². The van der Waals surface area contributed by atoms with E-state index in [4.69, 9.17) is 5.26 Å². The van der Waals surface area contributed by atoms with E-state index in [0.717, 1.165) is 0 Å². The van der Waals surface area contributed by atoms with Crippen LogP contribution in [0, 0.1) is 11.3 Å². The molecule has 0 aliphatic carbocycles. The molecule has 0 aliphatic rings. The van der Waals surface area contributed by atoms with E-state index in [2.05, 4.69) is 10.1 Å². The number of anilines is 1. The van der Waals surface area contributed by atoms with E-state index in [-0.39, 0.29) is 11.5 Å². The lowest BCUT2D eigenvalue weighted by atomic mass is 10.1. The van der Waals surface area contributed by atoms with Crippen LogP contribution in [-0.2, 0) is 9.53 Å². The van der Waals surface area contributed by atoms with Gasteiger partial charge in [0.25, 0.3) is 5.91 Å². The largest absolute Gasteiger partial charge is 0.465 e. The summed E-state index contributed by atoms with van der Waals surface area (Å²) in [4.78, 5) is 25.3. The van der Waals surface area contributed by atoms with Gasteiger partial charge in [0.15, 0.2) is 5.57 Å². The summed E-state index contributed by atoms with van der Waals surface area (Å²) in [5, 5.41) is 11.7. The zero-order valence-corrected chi connectivity index (χ0v) is 12.9. The Bertz CT molecular complexity index is 613. The van der Waals surface area contributed by atoms with Crippen LogP contribution in [0.15, 0.2) is 36.0 Å². The summed E-state index contributed by atoms with van der Waals surface area (Å²) in [5.41, 5.74) is 0.997. The summed E-state index contributed by atoms with van der Waals surface area (Å²) in [5.74, 6) is -0.781. The van der Waals surface area contributed by atoms with Crippen LogP contribution in [0.3, 0.4) is 0 Å². The molecule has 1 rings (SSSR count). The van der Waals surface area contributed by atoms with Crippen molar-refractivity contribution in [1.82, 2.24) is 4.90 Å². The van der Waals surface area contributed by atoms with Crippen LogP contribution in [0.25, 0.3) is 0 Å². The minimum Gasteiger partial charge on any atom is -0.465 e. The van der Waals surface area contributed by atoms with Gasteiger partial charge in [0.05, 0.1) is 7.11 Å². The Kier molecular flexibility index (Phi) is 6.64. The second-order valence-electron chi connectivity index (χ2n) is 4.36. The molecule has 6 heteroatoms. The highest BCUT2D eigenvalue weighted by molar-refractivity contribution is 5.95. The third-order valence-electron chi connectivity index (χ3n) is 3.07. The van der Waals surface area contributed by atoms with Gasteiger partial charge in [0.2, 0.25) is 0 Å². The number of nitrogens with one attached hydrogen (secondary N) is 1. The van der Waals surface area contributed by atoms with Gasteiger partial charge < -0.3 is 15.0 Å². The first-order valence-electron chi connectivity index (χ1n) is 6.91. The van der Waals surface area contributed by atoms with E-state index >= 15 is 0 Å². The van der Waals surface area contributed by atoms with Crippen molar-refractivity contribution in [3.63, 3.8) is 0 Å². The highest BCUT2D eigenvalue weighted by Gasteiger charge is 2.13. The van der Waals surface area contributed by atoms with Crippen LogP contribution in [0.2, 0.25) is 0 Å². The topological polar surface area (TPSA) is 82.4 Å². The Morgan fingerprint density at radius 3 is 2.59 bits per heavy atom. The van der Waals surface area contributed by atoms with Crippen molar-refractivity contribution in [2.24, 2.45) is 0 Å². The lowest BCUT2D eigenvalue weighted by Crippen LogP contribution is -2.30. The van der Waals surface area contributed by atoms with Crippen molar-refractivity contribution < 1.29 is 14.3 Å². The van der Waals surface area contributed by atoms with Crippen molar-refractivity contribution in [1.29, 1.82) is 5.26 Å². The van der Waals surface area contributed by atoms with Gasteiger partial charge in [-0.15, -0.1) is 0 Å². The lowest BCUT2D eigenvalue weighted by Gasteiger charge is -2.18. The lowest BCUT2D eigenvalue weighted by molar-refractivity contribution is -0.135. The first-order chi connectivity index (χ1) is 10.6. The van der Waals surface area contributed by atoms with Crippen LogP contribution in [0.1, 0.15) is 24.2 Å². The molecule has 1 aromatic rings. The number of carbonyl (C=O) groups is 2. The summed E-state index contributed by atoms with van der Waals surface area (Å²) < 4.78 is 4.48. The molecule has 0 heterocycles. The van der Waals surface area contributed by atoms with Gasteiger partial charge >= 0.3 is 5.97 Å². The number of amides is 1. The first-order valence-corrected chi connectivity index (χ1v) is 6.91. The van der Waals surface area contributed by atoms with Gasteiger partial charge in [-0.3, -0.25) is 4.79 Å². The maximum Gasteiger partial charge on any atom is 0.350 e. The minimum absolute atomic E-state index is 0.0638. The molecule has 0 unspecified atom stereocenters. The average molecular weight is 301 g/mol. The van der Waals surface area contributed by atoms with Gasteiger partial charge in [-0.2, -0.15) is 5.26 Å². The standard InChI is InChI=1S/C16H19N3O3/c1-4-19(5-2)15(20)12-7-6-8-14(9-12)18-11-13(10-17)16(21)22-3/h6-9,11,18H,4-5H2,1-3H3/b13-11+. The van der Waals surface area contributed by atoms with Crippen molar-refractivity contribution >= 4 is 17.6 Å². The number of hydrogen-bond donors (Lipinski definition) is 1. The van der Waals surface area contributed by atoms with E-state index in [1.165, 1.54) is 13.3 Å². The molecule has 0 fully saturated rings. The zero-order valence-electron chi connectivity index (χ0n) is 12.9. The molecule has 0 saturated heterocycles. The van der Waals surface area contributed by atoms with Crippen LogP contribution in [-0.4, -0.2) is 37.0 Å². The van der Waals surface area contributed by atoms with Gasteiger partial charge in [0.1, 0.15) is 6.07 Å². The maximum atomic E-state index is 12.3. The Labute approximate surface area is 130 Å². The molecule has 0 spiro atoms. The van der Waals surface area contributed by atoms with E-state index in [1.54, 1.807) is 35.2 Å². The number of nitriles is 1. The van der Waals surface area contributed by atoms with Crippen LogP contribution in [0.5, 0.6) is 0 Å². The molecular weight excluding hydrogens is 282 g/mol. The van der Waals surface area contributed by atoms with Crippen molar-refractivity contribution in [3.8, 4) is 6.07 Å². The molecule has 116 valence electrons. The fourth-order valence-electron chi connectivity index (χ4n) is 1.84. The number of esters is 1. The molecule has 0 aliphatic heterocycles. The predicted molar refractivity (Wildman–Crippen MR) is 83.0 cm³/mol. The summed E-state index contributed by atoms with van der Waals surface area (Å²) in [6.07, 6.45) is 1.26. The van der Waals surface area contributed by atoms with E-state index < -0.39 is 5.97 Å². The highest BCUT2D eigenvalue weighted by Crippen LogP contribution is 2.13. The van der Waals surface area contributed by atoms with Crippen LogP contribution < -0.4 is 5.32 Å². The summed E-state index contributed by atoms with van der Waals surface area (Å²) in [6, 6.07) is 8.61. The van der Waals surface area contributed by atoms with Crippen LogP contribution in [0.4, 0.5) is 5.69 Å². The fraction of sp³-hybridized carbons (Fsp3) is 0.312. The number of carbonyl (C=O) groups excluding carboxylic acids is 2. The second-order valence-corrected chi connectivity index (χ2v) is 4.36. The second kappa shape index (κ2) is 8.47. The van der Waals surface area contributed by atoms with E-state index in [1.807, 2.05) is 13.8 Å². The van der Waals surface area contributed by atoms with Crippen LogP contribution >= 0.6 is 0 Å². The molecule has 0 aromatic heterocycles. The van der Waals surface area contributed by atoms with E-state index in [0.29, 0.717) is 24.3 Å². The molecule has 22 heavy (non-hydrogen) atoms. The monoisotopic (exact) mass is 301 g/mol. The molecule has 0 radical (unpaired) electrons. The van der Waals surface area contributed by atoms with Crippen molar-refractivity contribution in [2.75, 3.05) is 25.5 Å². The molecule has 1 aromatic carbocycles. The van der Waals surface area contributed by atoms with Crippen molar-refractivity contribution in [2.45, 2.75) is 13.8 Å². The first kappa shape index (κ1) is 17.2. The van der Waals surface area contributed by atoms with Gasteiger partial charge in [0, 0.05) is 30.5 Å². The number of methoxy groups -OCH3 is 1. The number of ether oxygens (including phenoxy) is 1. The third-order valence-corrected chi connectivity index (χ3v) is 3.07. The minimum atomic E-state index is -0.717. The normalized spacial score (nSPS) is 10.5. The molecule has 6 nitrogen and oxygen atoms in total. The summed E-state index contributed by atoms with van der Waals surface area (Å²) in [6.45, 7) is 5.10. The molecule has 0 saturated carbocycles. The molecule has 1 amide bonds. The smallest absolute Gasteiger partial charge is 0.350 e. The van der Waals surface area contributed by atoms with Gasteiger partial charge in [-0.1, -0.05) is 6.07 Å². The Hall–Kier alpha value is -2.81. The third kappa shape index (κ3) is 4.35. The van der Waals surface area contributed by atoms with Gasteiger partial charge in [-0.05, 0) is 32.0 Å². The SMILES string of the molecule is CCN(CC)C(=O)c1cccc(N/C=C(\C#N)C(=O)OC)c1. The Morgan fingerprint density at radius 2 is 2.05 bits per heavy atom. The Balaban J connectivity index is 2.94. The Morgan fingerprint density at radius 1 is 1.36 bits per heavy atom.